The van der Waals surface area contributed by atoms with E-state index in [4.69, 9.17) is 19.2 Å². The first kappa shape index (κ1) is 28.3. The molecule has 0 unspecified atom stereocenters. The number of halogens is 2. The molecule has 1 aliphatic rings. The summed E-state index contributed by atoms with van der Waals surface area (Å²) in [5.41, 5.74) is 1.09. The molecular weight excluding hydrogens is 620 g/mol. The molecule has 0 radical (unpaired) electrons. The third kappa shape index (κ3) is 6.81. The van der Waals surface area contributed by atoms with Crippen LogP contribution in [0.1, 0.15) is 38.1 Å². The van der Waals surface area contributed by atoms with Crippen molar-refractivity contribution in [3.05, 3.63) is 61.0 Å². The van der Waals surface area contributed by atoms with Gasteiger partial charge in [-0.15, -0.1) is 0 Å². The van der Waals surface area contributed by atoms with E-state index in [1.807, 2.05) is 19.1 Å². The Morgan fingerprint density at radius 3 is 2.63 bits per heavy atom. The van der Waals surface area contributed by atoms with Gasteiger partial charge < -0.3 is 19.1 Å². The minimum absolute atomic E-state index is 0.103. The van der Waals surface area contributed by atoms with Crippen LogP contribution in [0.15, 0.2) is 49.2 Å². The molecule has 0 spiro atoms. The molecule has 3 aromatic rings. The van der Waals surface area contributed by atoms with Crippen molar-refractivity contribution in [2.45, 2.75) is 33.1 Å². The standard InChI is InChI=1S/C27H30Br2N4O5/c1-3-5-6-25-31-22-8-7-19(28)14-20(22)27(35)33(25)30-16-18-13-23(37-4-2)24(15-21(18)29)38-17-26(34)32-9-11-36-12-10-32/h7-8,13-16H,3-6,9-12,17H2,1-2H3. The number of amides is 1. The average Bonchev–Trinajstić information content (AvgIpc) is 2.92. The zero-order valence-corrected chi connectivity index (χ0v) is 24.6. The number of hydrogen-bond donors (Lipinski definition) is 0. The Bertz CT molecular complexity index is 1390. The minimum atomic E-state index is -0.235. The summed E-state index contributed by atoms with van der Waals surface area (Å²) in [5, 5.41) is 5.02. The Morgan fingerprint density at radius 1 is 1.13 bits per heavy atom. The zero-order valence-electron chi connectivity index (χ0n) is 21.4. The van der Waals surface area contributed by atoms with Gasteiger partial charge in [-0.25, -0.2) is 4.98 Å². The molecule has 4 rings (SSSR count). The fourth-order valence-electron chi connectivity index (χ4n) is 4.00. The Hall–Kier alpha value is -2.76. The van der Waals surface area contributed by atoms with Gasteiger partial charge in [-0.2, -0.15) is 9.78 Å². The fraction of sp³-hybridized carbons (Fsp3) is 0.407. The van der Waals surface area contributed by atoms with Gasteiger partial charge >= 0.3 is 0 Å². The Labute approximate surface area is 238 Å². The van der Waals surface area contributed by atoms with Gasteiger partial charge in [0.15, 0.2) is 18.1 Å². The van der Waals surface area contributed by atoms with E-state index in [2.05, 4.69) is 43.9 Å². The molecule has 11 heteroatoms. The number of unbranched alkanes of at least 4 members (excludes halogenated alkanes) is 1. The second kappa shape index (κ2) is 13.3. The van der Waals surface area contributed by atoms with Gasteiger partial charge in [-0.05, 0) is 59.6 Å². The van der Waals surface area contributed by atoms with Crippen LogP contribution in [0.25, 0.3) is 10.9 Å². The molecule has 1 amide bonds. The van der Waals surface area contributed by atoms with Gasteiger partial charge in [0.2, 0.25) is 0 Å². The van der Waals surface area contributed by atoms with Crippen LogP contribution in [-0.4, -0.2) is 66.2 Å². The number of ether oxygens (including phenoxy) is 3. The number of aryl methyl sites for hydroxylation is 1. The molecule has 1 saturated heterocycles. The largest absolute Gasteiger partial charge is 0.490 e. The molecule has 1 fully saturated rings. The number of rotatable bonds is 10. The third-order valence-electron chi connectivity index (χ3n) is 6.02. The molecule has 0 saturated carbocycles. The first-order chi connectivity index (χ1) is 18.4. The van der Waals surface area contributed by atoms with Gasteiger partial charge in [-0.1, -0.05) is 29.3 Å². The van der Waals surface area contributed by atoms with Crippen LogP contribution in [0.2, 0.25) is 0 Å². The van der Waals surface area contributed by atoms with Crippen LogP contribution in [0.5, 0.6) is 11.5 Å². The number of benzene rings is 2. The topological polar surface area (TPSA) is 95.2 Å². The highest BCUT2D eigenvalue weighted by Crippen LogP contribution is 2.33. The molecule has 38 heavy (non-hydrogen) atoms. The molecule has 1 aromatic heterocycles. The van der Waals surface area contributed by atoms with Crippen molar-refractivity contribution in [2.75, 3.05) is 39.5 Å². The van der Waals surface area contributed by atoms with Gasteiger partial charge in [0, 0.05) is 34.0 Å². The normalized spacial score (nSPS) is 13.8. The van der Waals surface area contributed by atoms with E-state index >= 15 is 0 Å². The highest BCUT2D eigenvalue weighted by molar-refractivity contribution is 9.10. The number of aromatic nitrogens is 2. The lowest BCUT2D eigenvalue weighted by atomic mass is 10.2. The zero-order chi connectivity index (χ0) is 27.1. The molecule has 2 aromatic carbocycles. The summed E-state index contributed by atoms with van der Waals surface area (Å²) >= 11 is 7.00. The molecule has 0 N–H and O–H groups in total. The maximum absolute atomic E-state index is 13.4. The molecule has 0 atom stereocenters. The Balaban J connectivity index is 1.63. The summed E-state index contributed by atoms with van der Waals surface area (Å²) < 4.78 is 19.8. The number of hydrogen-bond acceptors (Lipinski definition) is 7. The maximum atomic E-state index is 13.4. The number of carbonyl (C=O) groups excluding carboxylic acids is 1. The highest BCUT2D eigenvalue weighted by atomic mass is 79.9. The number of fused-ring (bicyclic) bond motifs is 1. The summed E-state index contributed by atoms with van der Waals surface area (Å²) in [6.07, 6.45) is 4.08. The summed E-state index contributed by atoms with van der Waals surface area (Å²) in [6.45, 7) is 6.45. The first-order valence-electron chi connectivity index (χ1n) is 12.6. The lowest BCUT2D eigenvalue weighted by Gasteiger charge is -2.26. The van der Waals surface area contributed by atoms with Crippen LogP contribution in [0, 0.1) is 0 Å². The van der Waals surface area contributed by atoms with Crippen LogP contribution in [0.3, 0.4) is 0 Å². The van der Waals surface area contributed by atoms with Gasteiger partial charge in [0.25, 0.3) is 11.5 Å². The third-order valence-corrected chi connectivity index (χ3v) is 7.20. The maximum Gasteiger partial charge on any atom is 0.282 e. The summed E-state index contributed by atoms with van der Waals surface area (Å²) in [4.78, 5) is 32.3. The molecule has 0 bridgehead atoms. The summed E-state index contributed by atoms with van der Waals surface area (Å²) in [6, 6.07) is 8.98. The average molecular weight is 650 g/mol. The predicted molar refractivity (Wildman–Crippen MR) is 154 cm³/mol. The molecule has 0 aliphatic carbocycles. The van der Waals surface area contributed by atoms with Crippen LogP contribution in [-0.2, 0) is 16.0 Å². The smallest absolute Gasteiger partial charge is 0.282 e. The second-order valence-corrected chi connectivity index (χ2v) is 10.5. The first-order valence-corrected chi connectivity index (χ1v) is 14.2. The summed E-state index contributed by atoms with van der Waals surface area (Å²) in [7, 11) is 0. The van der Waals surface area contributed by atoms with Crippen molar-refractivity contribution >= 4 is 54.9 Å². The fourth-order valence-corrected chi connectivity index (χ4v) is 4.79. The van der Waals surface area contributed by atoms with Crippen LogP contribution >= 0.6 is 31.9 Å². The number of morpholine rings is 1. The lowest BCUT2D eigenvalue weighted by molar-refractivity contribution is -0.137. The van der Waals surface area contributed by atoms with E-state index < -0.39 is 0 Å². The minimum Gasteiger partial charge on any atom is -0.490 e. The van der Waals surface area contributed by atoms with E-state index in [1.165, 1.54) is 4.68 Å². The summed E-state index contributed by atoms with van der Waals surface area (Å²) in [5.74, 6) is 1.42. The number of carbonyl (C=O) groups is 1. The van der Waals surface area contributed by atoms with E-state index in [9.17, 15) is 9.59 Å². The monoisotopic (exact) mass is 648 g/mol. The molecule has 202 valence electrons. The lowest BCUT2D eigenvalue weighted by Crippen LogP contribution is -2.43. The number of nitrogens with zero attached hydrogens (tertiary/aromatic N) is 4. The van der Waals surface area contributed by atoms with Crippen molar-refractivity contribution in [1.29, 1.82) is 0 Å². The molecular formula is C27H30Br2N4O5. The quantitative estimate of drug-likeness (QED) is 0.294. The van der Waals surface area contributed by atoms with Gasteiger partial charge in [-0.3, -0.25) is 9.59 Å². The second-order valence-electron chi connectivity index (χ2n) is 8.69. The highest BCUT2D eigenvalue weighted by Gasteiger charge is 2.19. The van der Waals surface area contributed by atoms with Crippen LogP contribution in [0.4, 0.5) is 0 Å². The molecule has 9 nitrogen and oxygen atoms in total. The van der Waals surface area contributed by atoms with Crippen molar-refractivity contribution in [1.82, 2.24) is 14.6 Å². The van der Waals surface area contributed by atoms with Crippen LogP contribution < -0.4 is 15.0 Å². The predicted octanol–water partition coefficient (Wildman–Crippen LogP) is 4.78. The van der Waals surface area contributed by atoms with E-state index in [1.54, 1.807) is 29.3 Å². The SMILES string of the molecule is CCCCc1nc2ccc(Br)cc2c(=O)n1N=Cc1cc(OCC)c(OCC(=O)N2CCOCC2)cc1Br. The molecule has 2 heterocycles. The van der Waals surface area contributed by atoms with E-state index in [0.717, 1.165) is 17.3 Å². The Kier molecular flexibility index (Phi) is 9.92. The van der Waals surface area contributed by atoms with E-state index in [-0.39, 0.29) is 18.1 Å². The van der Waals surface area contributed by atoms with Crippen molar-refractivity contribution in [2.24, 2.45) is 5.10 Å². The van der Waals surface area contributed by atoms with Crippen molar-refractivity contribution in [3.63, 3.8) is 0 Å². The Morgan fingerprint density at radius 2 is 1.89 bits per heavy atom. The van der Waals surface area contributed by atoms with Gasteiger partial charge in [0.05, 0.1) is 36.9 Å². The van der Waals surface area contributed by atoms with Crippen molar-refractivity contribution < 1.29 is 19.0 Å². The molecule has 1 aliphatic heterocycles. The van der Waals surface area contributed by atoms with Gasteiger partial charge in [0.1, 0.15) is 5.82 Å². The van der Waals surface area contributed by atoms with Crippen molar-refractivity contribution in [3.8, 4) is 11.5 Å². The van der Waals surface area contributed by atoms with E-state index in [0.29, 0.717) is 77.6 Å².